The number of phenolic OH excluding ortho intramolecular Hbond substituents is 1. The van der Waals surface area contributed by atoms with Gasteiger partial charge in [-0.05, 0) is 38.3 Å². The van der Waals surface area contributed by atoms with Crippen LogP contribution < -0.4 is 0 Å². The van der Waals surface area contributed by atoms with Crippen LogP contribution in [0.15, 0.2) is 6.07 Å². The van der Waals surface area contributed by atoms with Crippen molar-refractivity contribution < 1.29 is 15.0 Å². The van der Waals surface area contributed by atoms with Gasteiger partial charge in [-0.15, -0.1) is 0 Å². The average Bonchev–Trinajstić information content (AvgIpc) is 2.94. The van der Waals surface area contributed by atoms with Crippen LogP contribution in [0.3, 0.4) is 0 Å². The second-order valence-electron chi connectivity index (χ2n) is 4.87. The molecule has 1 aliphatic rings. The molecule has 0 saturated heterocycles. The Balaban J connectivity index is 2.53. The lowest BCUT2D eigenvalue weighted by atomic mass is 9.87. The highest BCUT2D eigenvalue weighted by atomic mass is 35.5. The van der Waals surface area contributed by atoms with E-state index in [1.54, 1.807) is 13.0 Å². The molecule has 1 fully saturated rings. The molecule has 0 aromatic heterocycles. The van der Waals surface area contributed by atoms with Crippen molar-refractivity contribution in [2.75, 3.05) is 0 Å². The zero-order valence-electron chi connectivity index (χ0n) is 9.88. The SMILES string of the molecule is Cc1cc(Cl)c(C)c(O)c1C1(CC(=O)O)CC1. The molecule has 1 aliphatic carbocycles. The van der Waals surface area contributed by atoms with Gasteiger partial charge in [-0.3, -0.25) is 4.79 Å². The molecule has 92 valence electrons. The van der Waals surface area contributed by atoms with Crippen LogP contribution in [0.5, 0.6) is 5.75 Å². The maximum Gasteiger partial charge on any atom is 0.304 e. The highest BCUT2D eigenvalue weighted by Gasteiger charge is 2.48. The van der Waals surface area contributed by atoms with Crippen molar-refractivity contribution in [3.63, 3.8) is 0 Å². The highest BCUT2D eigenvalue weighted by molar-refractivity contribution is 6.31. The minimum atomic E-state index is -0.825. The van der Waals surface area contributed by atoms with Crippen molar-refractivity contribution in [1.29, 1.82) is 0 Å². The van der Waals surface area contributed by atoms with Crippen molar-refractivity contribution in [3.8, 4) is 5.75 Å². The van der Waals surface area contributed by atoms with Crippen LogP contribution in [0, 0.1) is 13.8 Å². The molecule has 0 bridgehead atoms. The number of aliphatic carboxylic acids is 1. The summed E-state index contributed by atoms with van der Waals surface area (Å²) in [5, 5.41) is 19.6. The number of phenols is 1. The first-order valence-corrected chi connectivity index (χ1v) is 5.96. The summed E-state index contributed by atoms with van der Waals surface area (Å²) < 4.78 is 0. The van der Waals surface area contributed by atoms with Gasteiger partial charge >= 0.3 is 5.97 Å². The van der Waals surface area contributed by atoms with E-state index >= 15 is 0 Å². The first-order valence-electron chi connectivity index (χ1n) is 5.58. The molecule has 0 unspecified atom stereocenters. The van der Waals surface area contributed by atoms with E-state index in [-0.39, 0.29) is 17.6 Å². The standard InChI is InChI=1S/C13H15ClO3/c1-7-5-9(14)8(2)12(17)11(7)13(3-4-13)6-10(15)16/h5,17H,3-4,6H2,1-2H3,(H,15,16). The second-order valence-corrected chi connectivity index (χ2v) is 5.28. The van der Waals surface area contributed by atoms with Crippen molar-refractivity contribution in [2.24, 2.45) is 0 Å². The number of rotatable bonds is 3. The fourth-order valence-electron chi connectivity index (χ4n) is 2.48. The second kappa shape index (κ2) is 3.91. The normalized spacial score (nSPS) is 16.9. The van der Waals surface area contributed by atoms with Gasteiger partial charge in [-0.25, -0.2) is 0 Å². The molecule has 1 aromatic rings. The third-order valence-electron chi connectivity index (χ3n) is 3.56. The summed E-state index contributed by atoms with van der Waals surface area (Å²) in [5.41, 5.74) is 1.89. The Bertz CT molecular complexity index is 490. The molecular formula is C13H15ClO3. The summed E-state index contributed by atoms with van der Waals surface area (Å²) in [6, 6.07) is 1.80. The van der Waals surface area contributed by atoms with E-state index in [9.17, 15) is 9.90 Å². The average molecular weight is 255 g/mol. The number of aryl methyl sites for hydroxylation is 1. The quantitative estimate of drug-likeness (QED) is 0.871. The minimum Gasteiger partial charge on any atom is -0.507 e. The fraction of sp³-hybridized carbons (Fsp3) is 0.462. The number of hydrogen-bond acceptors (Lipinski definition) is 2. The number of carboxylic acid groups (broad SMARTS) is 1. The van der Waals surface area contributed by atoms with Gasteiger partial charge in [0, 0.05) is 21.6 Å². The van der Waals surface area contributed by atoms with Crippen LogP contribution in [0.2, 0.25) is 5.02 Å². The molecule has 4 heteroatoms. The molecule has 0 spiro atoms. The summed E-state index contributed by atoms with van der Waals surface area (Å²) in [4.78, 5) is 10.9. The largest absolute Gasteiger partial charge is 0.507 e. The van der Waals surface area contributed by atoms with Crippen LogP contribution in [-0.2, 0) is 10.2 Å². The molecule has 0 amide bonds. The van der Waals surface area contributed by atoms with E-state index in [1.807, 2.05) is 6.92 Å². The molecule has 0 aliphatic heterocycles. The Morgan fingerprint density at radius 1 is 1.47 bits per heavy atom. The van der Waals surface area contributed by atoms with Crippen molar-refractivity contribution >= 4 is 17.6 Å². The lowest BCUT2D eigenvalue weighted by molar-refractivity contribution is -0.137. The monoisotopic (exact) mass is 254 g/mol. The molecule has 2 N–H and O–H groups in total. The van der Waals surface area contributed by atoms with Crippen LogP contribution >= 0.6 is 11.6 Å². The summed E-state index contributed by atoms with van der Waals surface area (Å²) in [5.74, 6) is -0.664. The zero-order chi connectivity index (χ0) is 12.8. The van der Waals surface area contributed by atoms with E-state index in [0.717, 1.165) is 24.0 Å². The molecular weight excluding hydrogens is 240 g/mol. The number of aromatic hydroxyl groups is 1. The molecule has 0 heterocycles. The van der Waals surface area contributed by atoms with Gasteiger partial charge < -0.3 is 10.2 Å². The predicted molar refractivity (Wildman–Crippen MR) is 65.8 cm³/mol. The van der Waals surface area contributed by atoms with E-state index in [1.165, 1.54) is 0 Å². The van der Waals surface area contributed by atoms with Crippen molar-refractivity contribution in [1.82, 2.24) is 0 Å². The summed E-state index contributed by atoms with van der Waals surface area (Å²) in [7, 11) is 0. The number of carbonyl (C=O) groups is 1. The van der Waals surface area contributed by atoms with E-state index in [0.29, 0.717) is 10.6 Å². The molecule has 1 saturated carbocycles. The lowest BCUT2D eigenvalue weighted by Gasteiger charge is -2.20. The smallest absolute Gasteiger partial charge is 0.304 e. The first kappa shape index (κ1) is 12.2. The summed E-state index contributed by atoms with van der Waals surface area (Å²) >= 11 is 5.99. The Labute approximate surface area is 105 Å². The number of hydrogen-bond donors (Lipinski definition) is 2. The van der Waals surface area contributed by atoms with Crippen LogP contribution in [-0.4, -0.2) is 16.2 Å². The van der Waals surface area contributed by atoms with Gasteiger partial charge in [-0.1, -0.05) is 11.6 Å². The number of carboxylic acids is 1. The highest BCUT2D eigenvalue weighted by Crippen LogP contribution is 2.55. The predicted octanol–water partition coefficient (Wildman–Crippen LogP) is 3.17. The van der Waals surface area contributed by atoms with Crippen molar-refractivity contribution in [3.05, 3.63) is 27.8 Å². The Hall–Kier alpha value is -1.22. The van der Waals surface area contributed by atoms with E-state index in [4.69, 9.17) is 16.7 Å². The molecule has 1 aromatic carbocycles. The Morgan fingerprint density at radius 2 is 2.06 bits per heavy atom. The van der Waals surface area contributed by atoms with Gasteiger partial charge in [0.05, 0.1) is 6.42 Å². The first-order chi connectivity index (χ1) is 7.87. The number of benzene rings is 1. The number of halogens is 1. The maximum atomic E-state index is 10.9. The van der Waals surface area contributed by atoms with Gasteiger partial charge in [0.1, 0.15) is 5.75 Å². The maximum absolute atomic E-state index is 10.9. The van der Waals surface area contributed by atoms with Gasteiger partial charge in [-0.2, -0.15) is 0 Å². The van der Waals surface area contributed by atoms with Gasteiger partial charge in [0.2, 0.25) is 0 Å². The van der Waals surface area contributed by atoms with Crippen LogP contribution in [0.1, 0.15) is 36.0 Å². The molecule has 0 atom stereocenters. The van der Waals surface area contributed by atoms with Crippen LogP contribution in [0.4, 0.5) is 0 Å². The van der Waals surface area contributed by atoms with Gasteiger partial charge in [0.25, 0.3) is 0 Å². The van der Waals surface area contributed by atoms with E-state index in [2.05, 4.69) is 0 Å². The third kappa shape index (κ3) is 2.00. The molecule has 17 heavy (non-hydrogen) atoms. The van der Waals surface area contributed by atoms with Gasteiger partial charge in [0.15, 0.2) is 0 Å². The van der Waals surface area contributed by atoms with Crippen LogP contribution in [0.25, 0.3) is 0 Å². The topological polar surface area (TPSA) is 57.5 Å². The summed E-state index contributed by atoms with van der Waals surface area (Å²) in [6.07, 6.45) is 1.70. The summed E-state index contributed by atoms with van der Waals surface area (Å²) in [6.45, 7) is 3.61. The van der Waals surface area contributed by atoms with E-state index < -0.39 is 5.97 Å². The minimum absolute atomic E-state index is 0.0719. The van der Waals surface area contributed by atoms with Crippen molar-refractivity contribution in [2.45, 2.75) is 38.5 Å². The third-order valence-corrected chi connectivity index (χ3v) is 3.95. The molecule has 3 nitrogen and oxygen atoms in total. The Kier molecular flexibility index (Phi) is 2.82. The lowest BCUT2D eigenvalue weighted by Crippen LogP contribution is -2.15. The molecule has 2 rings (SSSR count). The Morgan fingerprint density at radius 3 is 2.53 bits per heavy atom. The molecule has 0 radical (unpaired) electrons. The fourth-order valence-corrected chi connectivity index (χ4v) is 2.74. The zero-order valence-corrected chi connectivity index (χ0v) is 10.6.